The zero-order chi connectivity index (χ0) is 24.7. The number of hydrogen-bond acceptors (Lipinski definition) is 5. The Morgan fingerprint density at radius 2 is 1.53 bits per heavy atom. The van der Waals surface area contributed by atoms with Gasteiger partial charge in [0.1, 0.15) is 6.61 Å². The van der Waals surface area contributed by atoms with Crippen molar-refractivity contribution in [3.8, 4) is 11.1 Å². The number of amides is 1. The Hall–Kier alpha value is -2.86. The third kappa shape index (κ3) is 6.60. The van der Waals surface area contributed by atoms with Crippen molar-refractivity contribution in [3.05, 3.63) is 59.7 Å². The lowest BCUT2D eigenvalue weighted by Gasteiger charge is -2.30. The first-order valence-electron chi connectivity index (χ1n) is 12.2. The first-order chi connectivity index (χ1) is 16.2. The topological polar surface area (TPSA) is 73.9 Å². The van der Waals surface area contributed by atoms with Crippen LogP contribution in [0.1, 0.15) is 70.9 Å². The number of fused-ring (bicyclic) bond motifs is 3. The van der Waals surface area contributed by atoms with Gasteiger partial charge in [-0.1, -0.05) is 68.3 Å². The molecule has 2 aromatic carbocycles. The first kappa shape index (κ1) is 25.8. The van der Waals surface area contributed by atoms with Crippen molar-refractivity contribution < 1.29 is 23.8 Å². The van der Waals surface area contributed by atoms with Crippen LogP contribution in [0.3, 0.4) is 0 Å². The van der Waals surface area contributed by atoms with Crippen molar-refractivity contribution >= 4 is 12.1 Å². The van der Waals surface area contributed by atoms with E-state index in [0.717, 1.165) is 41.5 Å². The van der Waals surface area contributed by atoms with Gasteiger partial charge in [0.2, 0.25) is 0 Å². The Kier molecular flexibility index (Phi) is 8.72. The fraction of sp³-hybridized carbons (Fsp3) is 0.500. The minimum absolute atomic E-state index is 0.0548. The standard InChI is InChI=1S/C28H37NO5/c1-6-7-12-17-32-26(30)25(19(2)34-28(3,4)5)29-27(31)33-18-24-22-15-10-8-13-20(22)21-14-9-11-16-23(21)24/h8-11,13-16,19,24-25H,6-7,12,17-18H2,1-5H3,(H,29,31)/t19?,25-/m0/s1. The van der Waals surface area contributed by atoms with Gasteiger partial charge in [0.15, 0.2) is 6.04 Å². The SMILES string of the molecule is CCCCCOC(=O)[C@@H](NC(=O)OCC1c2ccccc2-c2ccccc21)C(C)OC(C)(C)C. The molecule has 2 aromatic rings. The lowest BCUT2D eigenvalue weighted by Crippen LogP contribution is -2.51. The van der Waals surface area contributed by atoms with E-state index in [-0.39, 0.29) is 12.5 Å². The van der Waals surface area contributed by atoms with E-state index in [1.165, 1.54) is 0 Å². The van der Waals surface area contributed by atoms with Crippen LogP contribution in [0.5, 0.6) is 0 Å². The maximum atomic E-state index is 12.8. The molecule has 1 unspecified atom stereocenters. The highest BCUT2D eigenvalue weighted by atomic mass is 16.6. The summed E-state index contributed by atoms with van der Waals surface area (Å²) in [6.07, 6.45) is 1.55. The van der Waals surface area contributed by atoms with E-state index in [1.807, 2.05) is 45.0 Å². The molecular weight excluding hydrogens is 430 g/mol. The Labute approximate surface area is 203 Å². The largest absolute Gasteiger partial charge is 0.464 e. The van der Waals surface area contributed by atoms with Gasteiger partial charge in [0.05, 0.1) is 18.3 Å². The Morgan fingerprint density at radius 1 is 0.941 bits per heavy atom. The van der Waals surface area contributed by atoms with Gasteiger partial charge in [-0.25, -0.2) is 9.59 Å². The number of carbonyl (C=O) groups excluding carboxylic acids is 2. The fourth-order valence-electron chi connectivity index (χ4n) is 4.38. The zero-order valence-electron chi connectivity index (χ0n) is 20.9. The number of nitrogens with one attached hydrogen (secondary N) is 1. The molecule has 0 fully saturated rings. The molecule has 1 amide bonds. The van der Waals surface area contributed by atoms with Gasteiger partial charge in [-0.3, -0.25) is 0 Å². The number of unbranched alkanes of at least 4 members (excludes halogenated alkanes) is 2. The molecule has 0 aliphatic heterocycles. The van der Waals surface area contributed by atoms with Gasteiger partial charge < -0.3 is 19.5 Å². The van der Waals surface area contributed by atoms with Crippen LogP contribution in [0.25, 0.3) is 11.1 Å². The molecule has 1 aliphatic carbocycles. The molecule has 0 radical (unpaired) electrons. The molecule has 0 aromatic heterocycles. The number of rotatable bonds is 10. The zero-order valence-corrected chi connectivity index (χ0v) is 20.9. The smallest absolute Gasteiger partial charge is 0.407 e. The van der Waals surface area contributed by atoms with Crippen LogP contribution in [0.15, 0.2) is 48.5 Å². The lowest BCUT2D eigenvalue weighted by atomic mass is 9.98. The van der Waals surface area contributed by atoms with E-state index in [1.54, 1.807) is 6.92 Å². The number of hydrogen-bond donors (Lipinski definition) is 1. The van der Waals surface area contributed by atoms with Crippen LogP contribution in [0.4, 0.5) is 4.79 Å². The number of ether oxygens (including phenoxy) is 3. The van der Waals surface area contributed by atoms with Gasteiger partial charge in [0.25, 0.3) is 0 Å². The molecule has 0 saturated heterocycles. The Balaban J connectivity index is 1.66. The highest BCUT2D eigenvalue weighted by Gasteiger charge is 2.33. The quantitative estimate of drug-likeness (QED) is 0.351. The van der Waals surface area contributed by atoms with Crippen LogP contribution in [0.2, 0.25) is 0 Å². The molecular formula is C28H37NO5. The van der Waals surface area contributed by atoms with Crippen LogP contribution in [-0.4, -0.2) is 43.0 Å². The monoisotopic (exact) mass is 467 g/mol. The maximum Gasteiger partial charge on any atom is 0.407 e. The first-order valence-corrected chi connectivity index (χ1v) is 12.2. The molecule has 0 heterocycles. The molecule has 1 aliphatic rings. The average Bonchev–Trinajstić information content (AvgIpc) is 3.11. The molecule has 34 heavy (non-hydrogen) atoms. The molecule has 0 spiro atoms. The van der Waals surface area contributed by atoms with E-state index in [4.69, 9.17) is 14.2 Å². The van der Waals surface area contributed by atoms with Gasteiger partial charge >= 0.3 is 12.1 Å². The van der Waals surface area contributed by atoms with Gasteiger partial charge in [-0.05, 0) is 56.4 Å². The second-order valence-corrected chi connectivity index (χ2v) is 9.76. The van der Waals surface area contributed by atoms with E-state index in [2.05, 4.69) is 36.5 Å². The van der Waals surface area contributed by atoms with Gasteiger partial charge in [0, 0.05) is 5.92 Å². The number of carbonyl (C=O) groups is 2. The summed E-state index contributed by atoms with van der Waals surface area (Å²) in [5.41, 5.74) is 4.10. The van der Waals surface area contributed by atoms with E-state index in [0.29, 0.717) is 6.61 Å². The summed E-state index contributed by atoms with van der Waals surface area (Å²) in [6, 6.07) is 15.4. The minimum Gasteiger partial charge on any atom is -0.464 e. The van der Waals surface area contributed by atoms with Crippen molar-refractivity contribution in [2.75, 3.05) is 13.2 Å². The fourth-order valence-corrected chi connectivity index (χ4v) is 4.38. The Morgan fingerprint density at radius 3 is 2.09 bits per heavy atom. The van der Waals surface area contributed by atoms with Crippen molar-refractivity contribution in [2.24, 2.45) is 0 Å². The maximum absolute atomic E-state index is 12.8. The molecule has 6 nitrogen and oxygen atoms in total. The van der Waals surface area contributed by atoms with Crippen molar-refractivity contribution in [1.29, 1.82) is 0 Å². The van der Waals surface area contributed by atoms with Crippen molar-refractivity contribution in [2.45, 2.75) is 77.5 Å². The van der Waals surface area contributed by atoms with Gasteiger partial charge in [-0.15, -0.1) is 0 Å². The predicted octanol–water partition coefficient (Wildman–Crippen LogP) is 5.83. The molecule has 0 saturated carbocycles. The summed E-state index contributed by atoms with van der Waals surface area (Å²) < 4.78 is 17.0. The van der Waals surface area contributed by atoms with Crippen molar-refractivity contribution in [1.82, 2.24) is 5.32 Å². The highest BCUT2D eigenvalue weighted by molar-refractivity contribution is 5.82. The minimum atomic E-state index is -0.962. The Bertz CT molecular complexity index is 935. The third-order valence-electron chi connectivity index (χ3n) is 5.87. The van der Waals surface area contributed by atoms with Crippen LogP contribution < -0.4 is 5.32 Å². The van der Waals surface area contributed by atoms with E-state index >= 15 is 0 Å². The summed E-state index contributed by atoms with van der Waals surface area (Å²) >= 11 is 0. The van der Waals surface area contributed by atoms with Crippen molar-refractivity contribution in [3.63, 3.8) is 0 Å². The summed E-state index contributed by atoms with van der Waals surface area (Å²) in [7, 11) is 0. The van der Waals surface area contributed by atoms with E-state index < -0.39 is 29.8 Å². The summed E-state index contributed by atoms with van der Waals surface area (Å²) in [5.74, 6) is -0.567. The molecule has 1 N–H and O–H groups in total. The lowest BCUT2D eigenvalue weighted by molar-refractivity contribution is -0.153. The van der Waals surface area contributed by atoms with Crippen LogP contribution in [0, 0.1) is 0 Å². The predicted molar refractivity (Wildman–Crippen MR) is 133 cm³/mol. The molecule has 184 valence electrons. The second-order valence-electron chi connectivity index (χ2n) is 9.76. The van der Waals surface area contributed by atoms with E-state index in [9.17, 15) is 9.59 Å². The third-order valence-corrected chi connectivity index (χ3v) is 5.87. The second kappa shape index (κ2) is 11.5. The molecule has 0 bridgehead atoms. The molecule has 3 rings (SSSR count). The summed E-state index contributed by atoms with van der Waals surface area (Å²) in [6.45, 7) is 10.0. The summed E-state index contributed by atoms with van der Waals surface area (Å²) in [4.78, 5) is 25.6. The van der Waals surface area contributed by atoms with Gasteiger partial charge in [-0.2, -0.15) is 0 Å². The number of benzene rings is 2. The number of esters is 1. The average molecular weight is 468 g/mol. The normalized spacial score (nSPS) is 14.6. The highest BCUT2D eigenvalue weighted by Crippen LogP contribution is 2.44. The summed E-state index contributed by atoms with van der Waals surface area (Å²) in [5, 5.41) is 2.69. The van der Waals surface area contributed by atoms with Crippen LogP contribution >= 0.6 is 0 Å². The molecule has 2 atom stereocenters. The molecule has 6 heteroatoms. The number of alkyl carbamates (subject to hydrolysis) is 1. The van der Waals surface area contributed by atoms with Crippen LogP contribution in [-0.2, 0) is 19.0 Å².